The van der Waals surface area contributed by atoms with Crippen LogP contribution >= 0.6 is 31.9 Å². The van der Waals surface area contributed by atoms with Gasteiger partial charge in [0.2, 0.25) is 0 Å². The Morgan fingerprint density at radius 3 is 2.44 bits per heavy atom. The summed E-state index contributed by atoms with van der Waals surface area (Å²) < 4.78 is 6.81. The number of benzene rings is 2. The average molecular weight is 372 g/mol. The van der Waals surface area contributed by atoms with Crippen LogP contribution in [-0.2, 0) is 11.9 Å². The molecule has 2 aromatic rings. The summed E-state index contributed by atoms with van der Waals surface area (Å²) in [7, 11) is 0. The molecule has 0 bridgehead atoms. The van der Waals surface area contributed by atoms with Crippen molar-refractivity contribution < 1.29 is 9.84 Å². The first-order valence-corrected chi connectivity index (χ1v) is 7.35. The van der Waals surface area contributed by atoms with Gasteiger partial charge in [0.25, 0.3) is 0 Å². The van der Waals surface area contributed by atoms with Gasteiger partial charge in [0.15, 0.2) is 0 Å². The first-order valence-electron chi connectivity index (χ1n) is 5.44. The minimum atomic E-state index is 0.267. The fourth-order valence-electron chi connectivity index (χ4n) is 1.55. The summed E-state index contributed by atoms with van der Waals surface area (Å²) >= 11 is 6.88. The van der Waals surface area contributed by atoms with Crippen LogP contribution in [0.2, 0.25) is 0 Å². The maximum absolute atomic E-state index is 9.20. The van der Waals surface area contributed by atoms with Gasteiger partial charge in [-0.2, -0.15) is 0 Å². The van der Waals surface area contributed by atoms with Crippen molar-refractivity contribution >= 4 is 31.9 Å². The van der Waals surface area contributed by atoms with E-state index < -0.39 is 0 Å². The van der Waals surface area contributed by atoms with Crippen molar-refractivity contribution in [3.63, 3.8) is 0 Å². The largest absolute Gasteiger partial charge is 0.508 e. The fraction of sp³-hybridized carbons (Fsp3) is 0.143. The number of halogens is 2. The molecule has 4 heteroatoms. The van der Waals surface area contributed by atoms with Crippen molar-refractivity contribution in [2.45, 2.75) is 11.9 Å². The Morgan fingerprint density at radius 1 is 1.06 bits per heavy atom. The molecule has 0 aliphatic rings. The summed E-state index contributed by atoms with van der Waals surface area (Å²) in [6.07, 6.45) is 0. The molecule has 94 valence electrons. The Hall–Kier alpha value is -1.000. The second-order valence-electron chi connectivity index (χ2n) is 3.84. The Labute approximate surface area is 123 Å². The standard InChI is InChI=1S/C14H12Br2O2/c15-8-11-7-12(16)3-6-14(11)18-9-10-1-4-13(17)5-2-10/h1-7,17H,8-9H2. The number of alkyl halides is 1. The summed E-state index contributed by atoms with van der Waals surface area (Å²) in [6, 6.07) is 12.9. The lowest BCUT2D eigenvalue weighted by Gasteiger charge is -2.10. The van der Waals surface area contributed by atoms with Crippen molar-refractivity contribution in [1.82, 2.24) is 0 Å². The molecule has 0 spiro atoms. The lowest BCUT2D eigenvalue weighted by atomic mass is 10.2. The second kappa shape index (κ2) is 6.25. The second-order valence-corrected chi connectivity index (χ2v) is 5.32. The minimum absolute atomic E-state index is 0.267. The van der Waals surface area contributed by atoms with Gasteiger partial charge >= 0.3 is 0 Å². The SMILES string of the molecule is Oc1ccc(COc2ccc(Br)cc2CBr)cc1. The first kappa shape index (κ1) is 13.4. The Morgan fingerprint density at radius 2 is 1.78 bits per heavy atom. The van der Waals surface area contributed by atoms with Crippen LogP contribution in [0.3, 0.4) is 0 Å². The highest BCUT2D eigenvalue weighted by molar-refractivity contribution is 9.10. The summed E-state index contributed by atoms with van der Waals surface area (Å²) in [5.41, 5.74) is 2.12. The molecule has 2 aromatic carbocycles. The van der Waals surface area contributed by atoms with E-state index in [9.17, 15) is 5.11 Å². The smallest absolute Gasteiger partial charge is 0.123 e. The molecule has 0 saturated heterocycles. The van der Waals surface area contributed by atoms with Crippen molar-refractivity contribution in [3.05, 3.63) is 58.1 Å². The maximum atomic E-state index is 9.20. The van der Waals surface area contributed by atoms with Crippen molar-refractivity contribution in [2.75, 3.05) is 0 Å². The third-order valence-corrected chi connectivity index (χ3v) is 3.59. The van der Waals surface area contributed by atoms with Crippen molar-refractivity contribution in [1.29, 1.82) is 0 Å². The van der Waals surface area contributed by atoms with E-state index in [1.54, 1.807) is 12.1 Å². The molecule has 2 rings (SSSR count). The highest BCUT2D eigenvalue weighted by Gasteiger charge is 2.04. The van der Waals surface area contributed by atoms with Crippen LogP contribution in [0.15, 0.2) is 46.9 Å². The van der Waals surface area contributed by atoms with E-state index in [0.717, 1.165) is 26.7 Å². The van der Waals surface area contributed by atoms with Gasteiger partial charge in [-0.15, -0.1) is 0 Å². The zero-order valence-corrected chi connectivity index (χ0v) is 12.7. The van der Waals surface area contributed by atoms with Gasteiger partial charge in [-0.25, -0.2) is 0 Å². The highest BCUT2D eigenvalue weighted by atomic mass is 79.9. The molecule has 0 saturated carbocycles. The van der Waals surface area contributed by atoms with Gasteiger partial charge in [-0.1, -0.05) is 44.0 Å². The van der Waals surface area contributed by atoms with E-state index in [-0.39, 0.29) is 5.75 Å². The van der Waals surface area contributed by atoms with E-state index in [4.69, 9.17) is 4.74 Å². The van der Waals surface area contributed by atoms with Gasteiger partial charge in [0.1, 0.15) is 18.1 Å². The Kier molecular flexibility index (Phi) is 4.66. The van der Waals surface area contributed by atoms with Crippen LogP contribution in [0.1, 0.15) is 11.1 Å². The van der Waals surface area contributed by atoms with Crippen LogP contribution < -0.4 is 4.74 Å². The maximum Gasteiger partial charge on any atom is 0.123 e. The number of phenolic OH excluding ortho intramolecular Hbond substituents is 1. The van der Waals surface area contributed by atoms with Crippen molar-refractivity contribution in [3.8, 4) is 11.5 Å². The van der Waals surface area contributed by atoms with E-state index >= 15 is 0 Å². The molecule has 0 unspecified atom stereocenters. The highest BCUT2D eigenvalue weighted by Crippen LogP contribution is 2.26. The Balaban J connectivity index is 2.08. The van der Waals surface area contributed by atoms with E-state index in [0.29, 0.717) is 6.61 Å². The van der Waals surface area contributed by atoms with Crippen LogP contribution in [-0.4, -0.2) is 5.11 Å². The van der Waals surface area contributed by atoms with Gasteiger partial charge in [0.05, 0.1) is 0 Å². The zero-order valence-electron chi connectivity index (χ0n) is 9.57. The van der Waals surface area contributed by atoms with E-state index in [1.165, 1.54) is 0 Å². The molecule has 0 aliphatic heterocycles. The lowest BCUT2D eigenvalue weighted by molar-refractivity contribution is 0.303. The summed E-state index contributed by atoms with van der Waals surface area (Å²) in [5, 5.41) is 9.95. The van der Waals surface area contributed by atoms with E-state index in [2.05, 4.69) is 31.9 Å². The van der Waals surface area contributed by atoms with Crippen LogP contribution in [0.4, 0.5) is 0 Å². The number of hydrogen-bond donors (Lipinski definition) is 1. The fourth-order valence-corrected chi connectivity index (χ4v) is 2.39. The van der Waals surface area contributed by atoms with Crippen LogP contribution in [0.5, 0.6) is 11.5 Å². The Bertz CT molecular complexity index is 524. The molecule has 2 nitrogen and oxygen atoms in total. The number of phenols is 1. The van der Waals surface area contributed by atoms with Crippen LogP contribution in [0, 0.1) is 0 Å². The third-order valence-electron chi connectivity index (χ3n) is 2.50. The minimum Gasteiger partial charge on any atom is -0.508 e. The molecular formula is C14H12Br2O2. The molecule has 1 N–H and O–H groups in total. The molecule has 0 heterocycles. The predicted octanol–water partition coefficient (Wildman–Crippen LogP) is 4.63. The first-order chi connectivity index (χ1) is 8.69. The molecule has 0 aliphatic carbocycles. The van der Waals surface area contributed by atoms with Gasteiger partial charge in [-0.3, -0.25) is 0 Å². The van der Waals surface area contributed by atoms with Crippen molar-refractivity contribution in [2.24, 2.45) is 0 Å². The normalized spacial score (nSPS) is 10.3. The summed E-state index contributed by atoms with van der Waals surface area (Å²) in [5.74, 6) is 1.13. The molecule has 0 fully saturated rings. The number of rotatable bonds is 4. The molecule has 0 radical (unpaired) electrons. The van der Waals surface area contributed by atoms with Gasteiger partial charge in [0, 0.05) is 15.4 Å². The van der Waals surface area contributed by atoms with Gasteiger partial charge < -0.3 is 9.84 Å². The molecular weight excluding hydrogens is 360 g/mol. The summed E-state index contributed by atoms with van der Waals surface area (Å²) in [6.45, 7) is 0.488. The van der Waals surface area contributed by atoms with Gasteiger partial charge in [-0.05, 0) is 35.9 Å². The molecule has 18 heavy (non-hydrogen) atoms. The number of aromatic hydroxyl groups is 1. The third kappa shape index (κ3) is 3.50. The molecule has 0 amide bonds. The lowest BCUT2D eigenvalue weighted by Crippen LogP contribution is -1.97. The molecule has 0 aromatic heterocycles. The molecule has 0 atom stereocenters. The van der Waals surface area contributed by atoms with Crippen LogP contribution in [0.25, 0.3) is 0 Å². The quantitative estimate of drug-likeness (QED) is 0.794. The zero-order chi connectivity index (χ0) is 13.0. The average Bonchev–Trinajstić information content (AvgIpc) is 2.39. The topological polar surface area (TPSA) is 29.5 Å². The predicted molar refractivity (Wildman–Crippen MR) is 79.2 cm³/mol. The monoisotopic (exact) mass is 370 g/mol. The van der Waals surface area contributed by atoms with E-state index in [1.807, 2.05) is 30.3 Å². The number of ether oxygens (including phenoxy) is 1. The number of hydrogen-bond acceptors (Lipinski definition) is 2. The summed E-state index contributed by atoms with van der Waals surface area (Å²) in [4.78, 5) is 0.